The standard InChI is InChI=1S/C20H19NO4/c1-13-6-7-18-17(8-13)20(24)15(11-21(18)12-19(22)23)9-14-4-3-5-16(10-14)25-2/h3-10H,11-12H2,1-2H3,(H,22,23)/b15-9+. The molecule has 0 spiro atoms. The highest BCUT2D eigenvalue weighted by Crippen LogP contribution is 2.31. The van der Waals surface area contributed by atoms with Crippen molar-refractivity contribution < 1.29 is 19.4 Å². The predicted octanol–water partition coefficient (Wildman–Crippen LogP) is 3.17. The zero-order valence-electron chi connectivity index (χ0n) is 14.2. The Morgan fingerprint density at radius 3 is 2.80 bits per heavy atom. The van der Waals surface area contributed by atoms with Crippen molar-refractivity contribution in [3.05, 3.63) is 64.7 Å². The third kappa shape index (κ3) is 3.55. The Bertz CT molecular complexity index is 870. The molecule has 0 bridgehead atoms. The van der Waals surface area contributed by atoms with Gasteiger partial charge in [0.2, 0.25) is 0 Å². The summed E-state index contributed by atoms with van der Waals surface area (Å²) in [6, 6.07) is 12.9. The topological polar surface area (TPSA) is 66.8 Å². The maximum atomic E-state index is 12.9. The number of aliphatic carboxylic acids is 1. The summed E-state index contributed by atoms with van der Waals surface area (Å²) >= 11 is 0. The number of ether oxygens (including phenoxy) is 1. The number of methoxy groups -OCH3 is 1. The van der Waals surface area contributed by atoms with Crippen LogP contribution in [0.3, 0.4) is 0 Å². The summed E-state index contributed by atoms with van der Waals surface area (Å²) in [5.74, 6) is -0.291. The number of rotatable bonds is 4. The number of nitrogens with zero attached hydrogens (tertiary/aromatic N) is 1. The first kappa shape index (κ1) is 16.8. The molecule has 0 fully saturated rings. The SMILES string of the molecule is COc1cccc(/C=C2\CN(CC(=O)O)c3ccc(C)cc3C2=O)c1. The van der Waals surface area contributed by atoms with Gasteiger partial charge in [-0.1, -0.05) is 23.8 Å². The number of carbonyl (C=O) groups is 2. The molecule has 0 saturated heterocycles. The molecule has 0 saturated carbocycles. The van der Waals surface area contributed by atoms with Crippen LogP contribution in [0.15, 0.2) is 48.0 Å². The number of hydrogen-bond donors (Lipinski definition) is 1. The molecular formula is C20H19NO4. The van der Waals surface area contributed by atoms with Gasteiger partial charge in [-0.3, -0.25) is 9.59 Å². The Hall–Kier alpha value is -3.08. The molecule has 128 valence electrons. The zero-order chi connectivity index (χ0) is 18.0. The number of fused-ring (bicyclic) bond motifs is 1. The van der Waals surface area contributed by atoms with Crippen molar-refractivity contribution in [1.29, 1.82) is 0 Å². The predicted molar refractivity (Wildman–Crippen MR) is 96.3 cm³/mol. The number of aryl methyl sites for hydroxylation is 1. The third-order valence-electron chi connectivity index (χ3n) is 4.15. The summed E-state index contributed by atoms with van der Waals surface area (Å²) in [5, 5.41) is 9.19. The average Bonchev–Trinajstić information content (AvgIpc) is 2.58. The van der Waals surface area contributed by atoms with Gasteiger partial charge in [0.05, 0.1) is 7.11 Å². The van der Waals surface area contributed by atoms with Gasteiger partial charge in [0.25, 0.3) is 0 Å². The molecule has 0 aromatic heterocycles. The number of ketones is 1. The Morgan fingerprint density at radius 2 is 2.08 bits per heavy atom. The Balaban J connectivity index is 2.04. The molecule has 0 aliphatic carbocycles. The van der Waals surface area contributed by atoms with Crippen LogP contribution in [0.1, 0.15) is 21.5 Å². The van der Waals surface area contributed by atoms with E-state index in [9.17, 15) is 14.7 Å². The van der Waals surface area contributed by atoms with E-state index >= 15 is 0 Å². The van der Waals surface area contributed by atoms with E-state index in [2.05, 4.69) is 0 Å². The van der Waals surface area contributed by atoms with Crippen molar-refractivity contribution in [2.45, 2.75) is 6.92 Å². The first-order valence-corrected chi connectivity index (χ1v) is 7.94. The van der Waals surface area contributed by atoms with Gasteiger partial charge in [-0.05, 0) is 42.8 Å². The van der Waals surface area contributed by atoms with E-state index in [4.69, 9.17) is 4.74 Å². The van der Waals surface area contributed by atoms with Gasteiger partial charge in [-0.2, -0.15) is 0 Å². The van der Waals surface area contributed by atoms with Crippen molar-refractivity contribution in [2.24, 2.45) is 0 Å². The number of anilines is 1. The van der Waals surface area contributed by atoms with Crippen molar-refractivity contribution >= 4 is 23.5 Å². The van der Waals surface area contributed by atoms with Crippen molar-refractivity contribution in [3.8, 4) is 5.75 Å². The highest BCUT2D eigenvalue weighted by molar-refractivity contribution is 6.17. The minimum atomic E-state index is -0.929. The minimum Gasteiger partial charge on any atom is -0.497 e. The van der Waals surface area contributed by atoms with Crippen LogP contribution >= 0.6 is 0 Å². The van der Waals surface area contributed by atoms with Crippen LogP contribution in [0.5, 0.6) is 5.75 Å². The van der Waals surface area contributed by atoms with Crippen molar-refractivity contribution in [3.63, 3.8) is 0 Å². The lowest BCUT2D eigenvalue weighted by molar-refractivity contribution is -0.135. The van der Waals surface area contributed by atoms with Crippen LogP contribution in [-0.2, 0) is 4.79 Å². The van der Waals surface area contributed by atoms with E-state index in [-0.39, 0.29) is 18.9 Å². The summed E-state index contributed by atoms with van der Waals surface area (Å²) in [7, 11) is 1.59. The van der Waals surface area contributed by atoms with Crippen LogP contribution in [0.4, 0.5) is 5.69 Å². The molecule has 2 aromatic rings. The minimum absolute atomic E-state index is 0.0665. The monoisotopic (exact) mass is 337 g/mol. The molecule has 5 nitrogen and oxygen atoms in total. The molecule has 25 heavy (non-hydrogen) atoms. The number of hydrogen-bond acceptors (Lipinski definition) is 4. The normalized spacial score (nSPS) is 15.2. The van der Waals surface area contributed by atoms with E-state index in [0.717, 1.165) is 11.1 Å². The van der Waals surface area contributed by atoms with Gasteiger partial charge >= 0.3 is 5.97 Å². The molecule has 3 rings (SSSR count). The fourth-order valence-electron chi connectivity index (χ4n) is 2.99. The van der Waals surface area contributed by atoms with Crippen molar-refractivity contribution in [1.82, 2.24) is 0 Å². The summed E-state index contributed by atoms with van der Waals surface area (Å²) in [4.78, 5) is 25.8. The van der Waals surface area contributed by atoms with Gasteiger partial charge < -0.3 is 14.7 Å². The summed E-state index contributed by atoms with van der Waals surface area (Å²) in [5.41, 5.74) is 3.58. The second kappa shape index (κ2) is 6.81. The van der Waals surface area contributed by atoms with Gasteiger partial charge in [0, 0.05) is 23.4 Å². The van der Waals surface area contributed by atoms with Crippen LogP contribution < -0.4 is 9.64 Å². The summed E-state index contributed by atoms with van der Waals surface area (Å²) < 4.78 is 5.21. The maximum Gasteiger partial charge on any atom is 0.323 e. The van der Waals surface area contributed by atoms with E-state index in [1.54, 1.807) is 18.1 Å². The van der Waals surface area contributed by atoms with Crippen LogP contribution in [-0.4, -0.2) is 37.1 Å². The molecule has 0 amide bonds. The second-order valence-electron chi connectivity index (χ2n) is 6.05. The molecule has 2 aromatic carbocycles. The Labute approximate surface area is 146 Å². The molecular weight excluding hydrogens is 318 g/mol. The first-order chi connectivity index (χ1) is 12.0. The number of carboxylic acids is 1. The first-order valence-electron chi connectivity index (χ1n) is 7.94. The smallest absolute Gasteiger partial charge is 0.323 e. The number of Topliss-reactive ketones (excluding diaryl/α,β-unsaturated/α-hetero) is 1. The zero-order valence-corrected chi connectivity index (χ0v) is 14.2. The molecule has 1 N–H and O–H groups in total. The number of carboxylic acid groups (broad SMARTS) is 1. The Morgan fingerprint density at radius 1 is 1.28 bits per heavy atom. The molecule has 1 aliphatic rings. The lowest BCUT2D eigenvalue weighted by Crippen LogP contribution is -2.37. The van der Waals surface area contributed by atoms with Crippen LogP contribution in [0.25, 0.3) is 6.08 Å². The van der Waals surface area contributed by atoms with E-state index in [0.29, 0.717) is 22.6 Å². The third-order valence-corrected chi connectivity index (χ3v) is 4.15. The highest BCUT2D eigenvalue weighted by Gasteiger charge is 2.28. The maximum absolute atomic E-state index is 12.9. The number of benzene rings is 2. The second-order valence-corrected chi connectivity index (χ2v) is 6.05. The van der Waals surface area contributed by atoms with Crippen LogP contribution in [0.2, 0.25) is 0 Å². The van der Waals surface area contributed by atoms with E-state index in [1.165, 1.54) is 0 Å². The van der Waals surface area contributed by atoms with Crippen molar-refractivity contribution in [2.75, 3.05) is 25.1 Å². The fraction of sp³-hybridized carbons (Fsp3) is 0.200. The summed E-state index contributed by atoms with van der Waals surface area (Å²) in [6.07, 6.45) is 1.80. The van der Waals surface area contributed by atoms with Gasteiger partial charge in [-0.25, -0.2) is 0 Å². The molecule has 1 heterocycles. The molecule has 1 aliphatic heterocycles. The fourth-order valence-corrected chi connectivity index (χ4v) is 2.99. The molecule has 0 unspecified atom stereocenters. The van der Waals surface area contributed by atoms with Gasteiger partial charge in [0.15, 0.2) is 5.78 Å². The Kier molecular flexibility index (Phi) is 4.57. The average molecular weight is 337 g/mol. The van der Waals surface area contributed by atoms with E-state index < -0.39 is 5.97 Å². The summed E-state index contributed by atoms with van der Waals surface area (Å²) in [6.45, 7) is 2.02. The van der Waals surface area contributed by atoms with Gasteiger partial charge in [0.1, 0.15) is 12.3 Å². The number of carbonyl (C=O) groups excluding carboxylic acids is 1. The lowest BCUT2D eigenvalue weighted by Gasteiger charge is -2.31. The molecule has 5 heteroatoms. The van der Waals surface area contributed by atoms with Crippen LogP contribution in [0, 0.1) is 6.92 Å². The molecule has 0 atom stereocenters. The largest absolute Gasteiger partial charge is 0.497 e. The van der Waals surface area contributed by atoms with E-state index in [1.807, 2.05) is 49.4 Å². The lowest BCUT2D eigenvalue weighted by atomic mass is 9.93. The highest BCUT2D eigenvalue weighted by atomic mass is 16.5. The quantitative estimate of drug-likeness (QED) is 0.868. The molecule has 0 radical (unpaired) electrons. The van der Waals surface area contributed by atoms with Gasteiger partial charge in [-0.15, -0.1) is 0 Å².